The fraction of sp³-hybridized carbons (Fsp3) is 0.425. The second kappa shape index (κ2) is 31.9. The normalized spacial score (nSPS) is 13.4. The number of nitrogens with zero attached hydrogens (tertiary/aromatic N) is 4. The average Bonchev–Trinajstić information content (AvgIpc) is 0.774. The first-order chi connectivity index (χ1) is 45.0. The molecule has 0 amide bonds. The van der Waals surface area contributed by atoms with Gasteiger partial charge in [-0.2, -0.15) is 25.6 Å². The molecule has 8 aromatic rings. The van der Waals surface area contributed by atoms with Crippen LogP contribution in [0.2, 0.25) is 0 Å². The van der Waals surface area contributed by atoms with E-state index in [1.54, 1.807) is 36.4 Å². The summed E-state index contributed by atoms with van der Waals surface area (Å²) in [5.41, 5.74) is 11.5. The molecule has 0 heterocycles. The predicted octanol–water partition coefficient (Wildman–Crippen LogP) is 9.41. The van der Waals surface area contributed by atoms with E-state index in [-0.39, 0.29) is 68.9 Å². The Morgan fingerprint density at radius 3 is 0.929 bits per heavy atom. The molecule has 8 bridgehead atoms. The maximum absolute atomic E-state index is 14.3. The van der Waals surface area contributed by atoms with Crippen molar-refractivity contribution in [1.82, 2.24) is 0 Å². The number of hydrogen-bond acceptors (Lipinski definition) is 12. The summed E-state index contributed by atoms with van der Waals surface area (Å²) in [6.07, 6.45) is 4.94. The Bertz CT molecular complexity index is 4230. The molecule has 0 saturated carbocycles. The van der Waals surface area contributed by atoms with Crippen LogP contribution in [0.5, 0.6) is 23.0 Å². The largest absolute Gasteiger partial charge is 1.00 e. The zero-order chi connectivity index (χ0) is 70.0. The zero-order valence-electron chi connectivity index (χ0n) is 61.7. The second-order valence-corrected chi connectivity index (χ2v) is 33.3. The van der Waals surface area contributed by atoms with Gasteiger partial charge in [0.15, 0.2) is 0 Å². The van der Waals surface area contributed by atoms with Crippen LogP contribution in [0, 0.1) is 0 Å². The molecule has 0 fully saturated rings. The van der Waals surface area contributed by atoms with Crippen LogP contribution in [0.1, 0.15) is 189 Å². The monoisotopic (exact) mass is 1380 g/mol. The molecule has 14 nitrogen and oxygen atoms in total. The van der Waals surface area contributed by atoms with Gasteiger partial charge in [0, 0.05) is 98.6 Å². The minimum Gasteiger partial charge on any atom is -0.859 e. The van der Waals surface area contributed by atoms with Gasteiger partial charge in [-0.15, -0.1) is 0 Å². The Morgan fingerprint density at radius 1 is 0.398 bits per heavy atom. The van der Waals surface area contributed by atoms with Gasteiger partial charge >= 0.3 is 59.1 Å². The number of ether oxygens (including phenoxy) is 4. The Morgan fingerprint density at radius 2 is 0.663 bits per heavy atom. The zero-order valence-corrected chi connectivity index (χ0v) is 67.4. The van der Waals surface area contributed by atoms with Crippen molar-refractivity contribution in [3.63, 3.8) is 0 Å². The predicted molar refractivity (Wildman–Crippen MR) is 389 cm³/mol. The van der Waals surface area contributed by atoms with Gasteiger partial charge in [0.05, 0.1) is 23.0 Å². The number of benzene rings is 8. The summed E-state index contributed by atoms with van der Waals surface area (Å²) in [6, 6.07) is 38.1. The van der Waals surface area contributed by atoms with Crippen molar-refractivity contribution in [2.75, 3.05) is 64.4 Å². The Kier molecular flexibility index (Phi) is 25.8. The molecule has 10 aliphatic carbocycles. The van der Waals surface area contributed by atoms with Crippen molar-refractivity contribution in [2.45, 2.75) is 180 Å². The van der Waals surface area contributed by atoms with Crippen molar-refractivity contribution in [3.05, 3.63) is 188 Å². The van der Waals surface area contributed by atoms with Gasteiger partial charge in [0.25, 0.3) is 20.0 Å². The average molecular weight is 1390 g/mol. The van der Waals surface area contributed by atoms with Gasteiger partial charge in [-0.25, -0.2) is 0 Å². The molecule has 18 rings (SSSR count). The smallest absolute Gasteiger partial charge is 0.859 e. The summed E-state index contributed by atoms with van der Waals surface area (Å²) < 4.78 is 92.1. The van der Waals surface area contributed by atoms with Crippen molar-refractivity contribution >= 4 is 64.8 Å². The Balaban J connectivity index is 0.00000676. The first kappa shape index (κ1) is 79.2. The Hall–Kier alpha value is -6.08. The molecule has 0 atom stereocenters. The van der Waals surface area contributed by atoms with Gasteiger partial charge in [-0.05, 0) is 150 Å². The van der Waals surface area contributed by atoms with E-state index < -0.39 is 66.7 Å². The van der Waals surface area contributed by atoms with E-state index in [0.717, 1.165) is 104 Å². The molecule has 0 unspecified atom stereocenters. The number of unbranched alkanes of at least 4 members (excludes halogenated alkanes) is 2. The molecule has 18 heteroatoms. The van der Waals surface area contributed by atoms with E-state index >= 15 is 0 Å². The van der Waals surface area contributed by atoms with Crippen LogP contribution in [-0.2, 0) is 67.4 Å². The summed E-state index contributed by atoms with van der Waals surface area (Å²) in [5.74, 6) is 0.339. The van der Waals surface area contributed by atoms with E-state index in [1.165, 1.54) is 12.1 Å². The minimum absolute atomic E-state index is 0. The molecule has 0 N–H and O–H groups in total. The molecular formula is C80H98N4Na2O10S2. The first-order valence-electron chi connectivity index (χ1n) is 33.5. The maximum Gasteiger partial charge on any atom is 1.00 e. The molecule has 0 radical (unpaired) electrons. The number of sulfonamides is 2. The topological polar surface area (TPSA) is 183 Å². The van der Waals surface area contributed by atoms with Crippen molar-refractivity contribution in [3.8, 4) is 23.0 Å². The third-order valence-electron chi connectivity index (χ3n) is 17.8. The number of hydrogen-bond donors (Lipinski definition) is 0. The molecule has 0 spiro atoms. The van der Waals surface area contributed by atoms with Crippen LogP contribution in [0.15, 0.2) is 140 Å². The van der Waals surface area contributed by atoms with E-state index in [1.807, 2.05) is 74.4 Å². The molecule has 98 heavy (non-hydrogen) atoms. The molecule has 8 aromatic carbocycles. The quantitative estimate of drug-likeness (QED) is 0.0306. The SMILES string of the molecule is CCCCOc1cc2c(C(C)(C)C)cc1Cc1cc(OCC([O-])=NS(=O)(=O)c3cccc4c(N(C)C)cccc34)c(cc1C(C)(C)C)Cc1cc(OCCCC)c(cc1C(C)(C)C)Cc1cc(OCC([O-])=NS(=O)(=O)c3cccc4c(N(C)C)cccc34)c(cc1C(C)(C)C)C2.[Na+].[Na+]. The van der Waals surface area contributed by atoms with E-state index in [4.69, 9.17) is 18.9 Å². The molecule has 0 aromatic heterocycles. The van der Waals surface area contributed by atoms with Crippen molar-refractivity contribution < 1.29 is 105 Å². The molecule has 0 aliphatic heterocycles. The summed E-state index contributed by atoms with van der Waals surface area (Å²) in [5, 5.41) is 30.8. The van der Waals surface area contributed by atoms with Crippen LogP contribution in [0.3, 0.4) is 0 Å². The van der Waals surface area contributed by atoms with Gasteiger partial charge in [0.1, 0.15) is 36.2 Å². The second-order valence-electron chi connectivity index (χ2n) is 30.1. The maximum atomic E-state index is 14.3. The fourth-order valence-corrected chi connectivity index (χ4v) is 15.3. The molecule has 512 valence electrons. The van der Waals surface area contributed by atoms with Crippen molar-refractivity contribution in [1.29, 1.82) is 0 Å². The number of rotatable bonds is 20. The van der Waals surface area contributed by atoms with Gasteiger partial charge < -0.3 is 39.0 Å². The Labute approximate surface area is 628 Å². The first-order valence-corrected chi connectivity index (χ1v) is 36.4. The van der Waals surface area contributed by atoms with Crippen LogP contribution < -0.4 is 98.1 Å². The molecular weight excluding hydrogens is 1290 g/mol. The van der Waals surface area contributed by atoms with Gasteiger partial charge in [-0.1, -0.05) is 183 Å². The number of fused-ring (bicyclic) bond motifs is 2. The summed E-state index contributed by atoms with van der Waals surface area (Å²) in [4.78, 5) is 3.68. The van der Waals surface area contributed by atoms with Crippen molar-refractivity contribution in [2.24, 2.45) is 8.80 Å². The van der Waals surface area contributed by atoms with Crippen LogP contribution in [0.25, 0.3) is 21.5 Å². The minimum atomic E-state index is -4.50. The molecule has 0 saturated heterocycles. The standard InChI is InChI=1S/C80H100N4O10S2.2Na/c1-19-21-35-91-69-45-51-39-57-43-66(80(12,13)14)54(48-72(57)94-50-76(86)82-96(89,90)74-34-26-28-60-62(74)30-24-32-68(60)84(17)18)38-56-42-64(78(6,7)8)52(46-70(56)92-36-22-20-2)40-58-44-65(79(9,10)11)53(37-55(69)41-63(51)77(3,4)5)47-71(58)93-49-75(85)81-95(87,88)73-33-25-27-59-61(73)29-23-31-67(59)83(15)16;;/h23-34,41-48H,19-22,35-40,49-50H2,1-18H3,(H,81,85)(H,82,86);;/q;2*+1/p-2. The summed E-state index contributed by atoms with van der Waals surface area (Å²) in [6.45, 7) is 30.1. The van der Waals surface area contributed by atoms with Crippen LogP contribution in [0.4, 0.5) is 11.4 Å². The van der Waals surface area contributed by atoms with Gasteiger partial charge in [0.2, 0.25) is 0 Å². The van der Waals surface area contributed by atoms with E-state index in [0.29, 0.717) is 83.4 Å². The van der Waals surface area contributed by atoms with E-state index in [2.05, 4.69) is 142 Å². The summed E-state index contributed by atoms with van der Waals surface area (Å²) in [7, 11) is -1.43. The number of anilines is 2. The third kappa shape index (κ3) is 18.5. The van der Waals surface area contributed by atoms with Crippen LogP contribution >= 0.6 is 0 Å². The van der Waals surface area contributed by atoms with E-state index in [9.17, 15) is 27.0 Å². The third-order valence-corrected chi connectivity index (χ3v) is 20.5. The molecule has 10 aliphatic rings. The van der Waals surface area contributed by atoms with Gasteiger partial charge in [-0.3, -0.25) is 0 Å². The van der Waals surface area contributed by atoms with Crippen LogP contribution in [-0.4, -0.2) is 83.2 Å². The fourth-order valence-electron chi connectivity index (χ4n) is 13.1. The summed E-state index contributed by atoms with van der Waals surface area (Å²) >= 11 is 0.